The average molecular weight is 291 g/mol. The Hall–Kier alpha value is 0.190. The zero-order valence-corrected chi connectivity index (χ0v) is 8.18. The smallest absolute Gasteiger partial charge is 0.194 e. The third kappa shape index (κ3) is 1.83. The Morgan fingerprint density at radius 1 is 1.40 bits per heavy atom. The van der Waals surface area contributed by atoms with Gasteiger partial charge in [-0.15, -0.1) is 10.2 Å². The summed E-state index contributed by atoms with van der Waals surface area (Å²) in [6, 6.07) is 1.49. The molecule has 0 atom stereocenters. The van der Waals surface area contributed by atoms with Crippen LogP contribution >= 0.6 is 46.2 Å². The van der Waals surface area contributed by atoms with E-state index >= 15 is 0 Å². The van der Waals surface area contributed by atoms with Crippen molar-refractivity contribution in [1.82, 2.24) is 10.2 Å². The van der Waals surface area contributed by atoms with E-state index in [4.69, 9.17) is 26.3 Å². The molecule has 1 heterocycles. The largest absolute Gasteiger partial charge is 0.424 e. The van der Waals surface area contributed by atoms with Crippen molar-refractivity contribution >= 4 is 46.2 Å². The Labute approximate surface area is 81.4 Å². The molecule has 0 saturated heterocycles. The summed E-state index contributed by atoms with van der Waals surface area (Å²) in [6.07, 6.45) is 0. The molecule has 0 aromatic carbocycles. The van der Waals surface area contributed by atoms with Crippen molar-refractivity contribution in [2.24, 2.45) is 0 Å². The molecule has 0 saturated carbocycles. The van der Waals surface area contributed by atoms with Crippen LogP contribution in [0.15, 0.2) is 6.07 Å². The van der Waals surface area contributed by atoms with Gasteiger partial charge in [0, 0.05) is 6.07 Å². The minimum atomic E-state index is 0.207. The molecule has 0 radical (unpaired) electrons. The van der Waals surface area contributed by atoms with E-state index in [1.54, 1.807) is 23.0 Å². The van der Waals surface area contributed by atoms with Gasteiger partial charge in [-0.2, -0.15) is 0 Å². The number of hydrogen-bond acceptors (Lipinski definition) is 3. The molecule has 0 aliphatic rings. The van der Waals surface area contributed by atoms with Crippen LogP contribution in [0.3, 0.4) is 0 Å². The van der Waals surface area contributed by atoms with Gasteiger partial charge >= 0.3 is 0 Å². The molecular formula is C4HCl2IN2O. The van der Waals surface area contributed by atoms with E-state index in [-0.39, 0.29) is 10.3 Å². The molecule has 0 unspecified atom stereocenters. The van der Waals surface area contributed by atoms with Crippen molar-refractivity contribution in [3.8, 4) is 5.75 Å². The lowest BCUT2D eigenvalue weighted by molar-refractivity contribution is 0.704. The Balaban J connectivity index is 3.09. The molecule has 0 aliphatic heterocycles. The lowest BCUT2D eigenvalue weighted by Crippen LogP contribution is -1.85. The lowest BCUT2D eigenvalue weighted by Gasteiger charge is -1.96. The maximum Gasteiger partial charge on any atom is 0.194 e. The lowest BCUT2D eigenvalue weighted by atomic mass is 10.5. The summed E-state index contributed by atoms with van der Waals surface area (Å²) in [7, 11) is 0. The number of nitrogens with zero attached hydrogens (tertiary/aromatic N) is 2. The maximum atomic E-state index is 5.53. The SMILES string of the molecule is Clc1cc(OI)c(Cl)nn1. The maximum absolute atomic E-state index is 5.53. The zero-order chi connectivity index (χ0) is 7.56. The fraction of sp³-hybridized carbons (Fsp3) is 0. The van der Waals surface area contributed by atoms with Gasteiger partial charge in [0.2, 0.25) is 0 Å². The summed E-state index contributed by atoms with van der Waals surface area (Å²) in [5, 5.41) is 7.46. The van der Waals surface area contributed by atoms with Gasteiger partial charge in [0.05, 0.1) is 0 Å². The van der Waals surface area contributed by atoms with Crippen LogP contribution in [0.5, 0.6) is 5.75 Å². The molecule has 6 heteroatoms. The van der Waals surface area contributed by atoms with Crippen LogP contribution < -0.4 is 3.07 Å². The molecule has 10 heavy (non-hydrogen) atoms. The third-order valence-corrected chi connectivity index (χ3v) is 1.69. The summed E-state index contributed by atoms with van der Waals surface area (Å²) in [5.74, 6) is 0.419. The van der Waals surface area contributed by atoms with Crippen LogP contribution in [0, 0.1) is 0 Å². The number of rotatable bonds is 1. The van der Waals surface area contributed by atoms with E-state index in [9.17, 15) is 0 Å². The molecule has 0 amide bonds. The minimum absolute atomic E-state index is 0.207. The first-order chi connectivity index (χ1) is 4.74. The Bertz CT molecular complexity index is 245. The highest BCUT2D eigenvalue weighted by Crippen LogP contribution is 2.24. The molecule has 54 valence electrons. The quantitative estimate of drug-likeness (QED) is 0.746. The fourth-order valence-corrected chi connectivity index (χ4v) is 1.13. The van der Waals surface area contributed by atoms with Crippen molar-refractivity contribution in [3.05, 3.63) is 16.4 Å². The third-order valence-electron chi connectivity index (χ3n) is 0.770. The highest BCUT2D eigenvalue weighted by Gasteiger charge is 2.02. The first kappa shape index (κ1) is 8.29. The van der Waals surface area contributed by atoms with Crippen molar-refractivity contribution in [2.45, 2.75) is 0 Å². The van der Waals surface area contributed by atoms with E-state index in [1.165, 1.54) is 6.07 Å². The van der Waals surface area contributed by atoms with Crippen LogP contribution in [-0.2, 0) is 0 Å². The molecule has 1 aromatic heterocycles. The minimum Gasteiger partial charge on any atom is -0.424 e. The molecule has 0 spiro atoms. The van der Waals surface area contributed by atoms with Crippen molar-refractivity contribution in [1.29, 1.82) is 0 Å². The number of hydrogen-bond donors (Lipinski definition) is 0. The summed E-state index contributed by atoms with van der Waals surface area (Å²) >= 11 is 12.7. The van der Waals surface area contributed by atoms with E-state index in [0.717, 1.165) is 0 Å². The molecular weight excluding hydrogens is 290 g/mol. The van der Waals surface area contributed by atoms with Crippen LogP contribution in [0.1, 0.15) is 0 Å². The summed E-state index contributed by atoms with van der Waals surface area (Å²) in [5.41, 5.74) is 0. The highest BCUT2D eigenvalue weighted by atomic mass is 127. The van der Waals surface area contributed by atoms with E-state index in [1.807, 2.05) is 0 Å². The number of aromatic nitrogens is 2. The second-order valence-electron chi connectivity index (χ2n) is 1.40. The van der Waals surface area contributed by atoms with E-state index in [0.29, 0.717) is 5.75 Å². The molecule has 0 N–H and O–H groups in total. The summed E-state index contributed by atoms with van der Waals surface area (Å²) in [4.78, 5) is 0. The van der Waals surface area contributed by atoms with Crippen LogP contribution in [-0.4, -0.2) is 10.2 Å². The Morgan fingerprint density at radius 3 is 2.60 bits per heavy atom. The molecule has 1 aromatic rings. The highest BCUT2D eigenvalue weighted by molar-refractivity contribution is 14.1. The van der Waals surface area contributed by atoms with E-state index in [2.05, 4.69) is 10.2 Å². The van der Waals surface area contributed by atoms with Crippen LogP contribution in [0.2, 0.25) is 10.3 Å². The van der Waals surface area contributed by atoms with Gasteiger partial charge in [-0.05, 0) is 0 Å². The molecule has 0 fully saturated rings. The van der Waals surface area contributed by atoms with Gasteiger partial charge in [0.25, 0.3) is 0 Å². The topological polar surface area (TPSA) is 35.0 Å². The molecule has 0 bridgehead atoms. The van der Waals surface area contributed by atoms with Crippen molar-refractivity contribution in [3.63, 3.8) is 0 Å². The van der Waals surface area contributed by atoms with Gasteiger partial charge in [-0.1, -0.05) is 23.2 Å². The van der Waals surface area contributed by atoms with Gasteiger partial charge in [-0.3, -0.25) is 0 Å². The Morgan fingerprint density at radius 2 is 2.10 bits per heavy atom. The summed E-state index contributed by atoms with van der Waals surface area (Å²) in [6.45, 7) is 0. The molecule has 3 nitrogen and oxygen atoms in total. The number of halogens is 3. The first-order valence-corrected chi connectivity index (χ1v) is 3.85. The summed E-state index contributed by atoms with van der Waals surface area (Å²) < 4.78 is 4.78. The second-order valence-corrected chi connectivity index (χ2v) is 2.58. The van der Waals surface area contributed by atoms with Gasteiger partial charge in [-0.25, -0.2) is 0 Å². The van der Waals surface area contributed by atoms with Crippen molar-refractivity contribution < 1.29 is 3.07 Å². The molecule has 1 rings (SSSR count). The predicted octanol–water partition coefficient (Wildman–Crippen LogP) is 2.51. The Kier molecular flexibility index (Phi) is 2.94. The standard InChI is InChI=1S/C4HCl2IN2O/c5-3-1-2(10-7)4(6)9-8-3/h1H. The zero-order valence-electron chi connectivity index (χ0n) is 4.51. The monoisotopic (exact) mass is 290 g/mol. The predicted molar refractivity (Wildman–Crippen MR) is 46.7 cm³/mol. The van der Waals surface area contributed by atoms with Crippen LogP contribution in [0.4, 0.5) is 0 Å². The van der Waals surface area contributed by atoms with Crippen LogP contribution in [0.25, 0.3) is 0 Å². The fourth-order valence-electron chi connectivity index (χ4n) is 0.392. The van der Waals surface area contributed by atoms with Gasteiger partial charge in [0.1, 0.15) is 0 Å². The van der Waals surface area contributed by atoms with Gasteiger partial charge < -0.3 is 3.07 Å². The second kappa shape index (κ2) is 3.54. The normalized spacial score (nSPS) is 9.50. The molecule has 0 aliphatic carbocycles. The van der Waals surface area contributed by atoms with Crippen molar-refractivity contribution in [2.75, 3.05) is 0 Å². The van der Waals surface area contributed by atoms with Gasteiger partial charge in [0.15, 0.2) is 39.1 Å². The first-order valence-electron chi connectivity index (χ1n) is 2.21. The average Bonchev–Trinajstić information content (AvgIpc) is 1.94. The van der Waals surface area contributed by atoms with E-state index < -0.39 is 0 Å².